The molecule has 8 heteroatoms. The molecule has 0 aliphatic rings. The van der Waals surface area contributed by atoms with Crippen LogP contribution in [0.2, 0.25) is 0 Å². The van der Waals surface area contributed by atoms with Crippen molar-refractivity contribution in [2.24, 2.45) is 0 Å². The van der Waals surface area contributed by atoms with Gasteiger partial charge in [0.1, 0.15) is 5.75 Å². The van der Waals surface area contributed by atoms with Crippen molar-refractivity contribution in [2.45, 2.75) is 18.4 Å². The van der Waals surface area contributed by atoms with Crippen LogP contribution in [0.5, 0.6) is 5.75 Å². The predicted molar refractivity (Wildman–Crippen MR) is 85.3 cm³/mol. The van der Waals surface area contributed by atoms with E-state index < -0.39 is 22.4 Å². The molecular weight excluding hydrogens is 340 g/mol. The molecule has 0 spiro atoms. The molecule has 0 atom stereocenters. The Labute approximate surface area is 138 Å². The second kappa shape index (κ2) is 6.96. The maximum atomic E-state index is 12.4. The van der Waals surface area contributed by atoms with E-state index in [0.29, 0.717) is 5.56 Å². The van der Waals surface area contributed by atoms with Crippen LogP contribution in [0.1, 0.15) is 15.9 Å². The van der Waals surface area contributed by atoms with E-state index in [2.05, 4.69) is 10.1 Å². The zero-order chi connectivity index (χ0) is 17.9. The van der Waals surface area contributed by atoms with Gasteiger partial charge in [-0.2, -0.15) is 8.78 Å². The highest BCUT2D eigenvalue weighted by atomic mass is 32.2. The number of nitrogens with one attached hydrogen (secondary N) is 1. The number of carbonyl (C=O) groups is 1. The van der Waals surface area contributed by atoms with E-state index in [1.54, 1.807) is 13.0 Å². The highest BCUT2D eigenvalue weighted by Gasteiger charge is 2.17. The molecule has 1 N–H and O–H groups in total. The Morgan fingerprint density at radius 2 is 1.83 bits per heavy atom. The highest BCUT2D eigenvalue weighted by molar-refractivity contribution is 7.90. The summed E-state index contributed by atoms with van der Waals surface area (Å²) in [6.45, 7) is -1.39. The summed E-state index contributed by atoms with van der Waals surface area (Å²) < 4.78 is 52.4. The minimum atomic E-state index is -3.48. The summed E-state index contributed by atoms with van der Waals surface area (Å²) in [6, 6.07) is 9.89. The first-order chi connectivity index (χ1) is 11.2. The Morgan fingerprint density at radius 3 is 2.46 bits per heavy atom. The molecule has 2 aromatic carbocycles. The van der Waals surface area contributed by atoms with Gasteiger partial charge in [0, 0.05) is 11.8 Å². The van der Waals surface area contributed by atoms with Gasteiger partial charge >= 0.3 is 6.61 Å². The van der Waals surface area contributed by atoms with Crippen molar-refractivity contribution in [2.75, 3.05) is 11.6 Å². The molecule has 0 aliphatic carbocycles. The molecule has 0 aliphatic heterocycles. The smallest absolute Gasteiger partial charge is 0.387 e. The fourth-order valence-electron chi connectivity index (χ4n) is 2.03. The van der Waals surface area contributed by atoms with Crippen LogP contribution in [0.15, 0.2) is 47.4 Å². The lowest BCUT2D eigenvalue weighted by molar-refractivity contribution is -0.0493. The minimum absolute atomic E-state index is 0.00429. The van der Waals surface area contributed by atoms with Crippen molar-refractivity contribution in [1.82, 2.24) is 0 Å². The quantitative estimate of drug-likeness (QED) is 0.894. The molecule has 0 fully saturated rings. The summed E-state index contributed by atoms with van der Waals surface area (Å²) in [4.78, 5) is 12.4. The second-order valence-electron chi connectivity index (χ2n) is 5.08. The molecule has 24 heavy (non-hydrogen) atoms. The van der Waals surface area contributed by atoms with E-state index in [9.17, 15) is 22.0 Å². The third-order valence-corrected chi connectivity index (χ3v) is 4.34. The fourth-order valence-corrected chi connectivity index (χ4v) is 2.68. The molecule has 0 aromatic heterocycles. The predicted octanol–water partition coefficient (Wildman–Crippen LogP) is 3.25. The van der Waals surface area contributed by atoms with Crippen molar-refractivity contribution in [3.63, 3.8) is 0 Å². The average molecular weight is 355 g/mol. The number of hydrogen-bond acceptors (Lipinski definition) is 4. The molecule has 5 nitrogen and oxygen atoms in total. The van der Waals surface area contributed by atoms with Crippen LogP contribution in [0.3, 0.4) is 0 Å². The first-order valence-corrected chi connectivity index (χ1v) is 8.73. The summed E-state index contributed by atoms with van der Waals surface area (Å²) in [5.74, 6) is -0.805. The van der Waals surface area contributed by atoms with Crippen LogP contribution >= 0.6 is 0 Å². The van der Waals surface area contributed by atoms with Crippen LogP contribution in [-0.4, -0.2) is 27.2 Å². The Kier molecular flexibility index (Phi) is 5.18. The van der Waals surface area contributed by atoms with Crippen LogP contribution in [0.4, 0.5) is 14.5 Å². The number of para-hydroxylation sites is 2. The number of rotatable bonds is 5. The number of alkyl halides is 2. The average Bonchev–Trinajstić information content (AvgIpc) is 2.48. The molecular formula is C16H15F2NO4S. The zero-order valence-electron chi connectivity index (χ0n) is 12.9. The molecule has 2 rings (SSSR count). The lowest BCUT2D eigenvalue weighted by Gasteiger charge is -2.13. The van der Waals surface area contributed by atoms with Crippen molar-refractivity contribution in [1.29, 1.82) is 0 Å². The highest BCUT2D eigenvalue weighted by Crippen LogP contribution is 2.26. The van der Waals surface area contributed by atoms with Crippen molar-refractivity contribution in [3.8, 4) is 5.75 Å². The van der Waals surface area contributed by atoms with Crippen LogP contribution in [0.25, 0.3) is 0 Å². The van der Waals surface area contributed by atoms with Crippen molar-refractivity contribution < 1.29 is 26.7 Å². The fraction of sp³-hybridized carbons (Fsp3) is 0.188. The summed E-state index contributed by atoms with van der Waals surface area (Å²) in [6.07, 6.45) is 1.03. The van der Waals surface area contributed by atoms with Gasteiger partial charge in [0.05, 0.1) is 10.6 Å². The number of aryl methyl sites for hydroxylation is 1. The standard InChI is InChI=1S/C16H15F2NO4S/c1-10-7-8-11(24(2,21)22)9-12(10)15(20)19-13-5-3-4-6-14(13)23-16(17)18/h3-9,16H,1-2H3,(H,19,20). The number of benzene rings is 2. The SMILES string of the molecule is Cc1ccc(S(C)(=O)=O)cc1C(=O)Nc1ccccc1OC(F)F. The zero-order valence-corrected chi connectivity index (χ0v) is 13.7. The maximum Gasteiger partial charge on any atom is 0.387 e. The van der Waals surface area contributed by atoms with Crippen molar-refractivity contribution in [3.05, 3.63) is 53.6 Å². The Hall–Kier alpha value is -2.48. The van der Waals surface area contributed by atoms with Crippen LogP contribution in [0, 0.1) is 6.92 Å². The number of ether oxygens (including phenoxy) is 1. The van der Waals surface area contributed by atoms with Gasteiger partial charge in [0.15, 0.2) is 9.84 Å². The summed E-state index contributed by atoms with van der Waals surface area (Å²) in [5.41, 5.74) is 0.740. The number of halogens is 2. The first kappa shape index (κ1) is 17.9. The lowest BCUT2D eigenvalue weighted by Crippen LogP contribution is -2.15. The molecule has 0 radical (unpaired) electrons. The number of anilines is 1. The van der Waals surface area contributed by atoms with Gasteiger partial charge in [0.25, 0.3) is 5.91 Å². The number of hydrogen-bond donors (Lipinski definition) is 1. The van der Waals surface area contributed by atoms with Gasteiger partial charge in [-0.25, -0.2) is 8.42 Å². The monoisotopic (exact) mass is 355 g/mol. The van der Waals surface area contributed by atoms with Crippen LogP contribution < -0.4 is 10.1 Å². The van der Waals surface area contributed by atoms with Gasteiger partial charge in [0.2, 0.25) is 0 Å². The largest absolute Gasteiger partial charge is 0.433 e. The van der Waals surface area contributed by atoms with Crippen LogP contribution in [-0.2, 0) is 9.84 Å². The number of amides is 1. The van der Waals surface area contributed by atoms with E-state index >= 15 is 0 Å². The second-order valence-corrected chi connectivity index (χ2v) is 7.09. The van der Waals surface area contributed by atoms with Crippen molar-refractivity contribution >= 4 is 21.4 Å². The Balaban J connectivity index is 2.34. The van der Waals surface area contributed by atoms with Gasteiger partial charge < -0.3 is 10.1 Å². The number of carbonyl (C=O) groups excluding carboxylic acids is 1. The minimum Gasteiger partial charge on any atom is -0.433 e. The van der Waals surface area contributed by atoms with Gasteiger partial charge in [-0.05, 0) is 36.8 Å². The van der Waals surface area contributed by atoms with E-state index in [1.165, 1.54) is 36.4 Å². The van der Waals surface area contributed by atoms with E-state index in [0.717, 1.165) is 6.26 Å². The molecule has 0 saturated carbocycles. The molecule has 128 valence electrons. The molecule has 0 heterocycles. The van der Waals surface area contributed by atoms with Gasteiger partial charge in [-0.1, -0.05) is 18.2 Å². The summed E-state index contributed by atoms with van der Waals surface area (Å²) in [5, 5.41) is 2.46. The molecule has 0 saturated heterocycles. The topological polar surface area (TPSA) is 72.5 Å². The normalized spacial score (nSPS) is 11.4. The Morgan fingerprint density at radius 1 is 1.17 bits per heavy atom. The third kappa shape index (κ3) is 4.29. The van der Waals surface area contributed by atoms with E-state index in [4.69, 9.17) is 0 Å². The van der Waals surface area contributed by atoms with E-state index in [-0.39, 0.29) is 21.9 Å². The first-order valence-electron chi connectivity index (χ1n) is 6.84. The molecule has 0 unspecified atom stereocenters. The lowest BCUT2D eigenvalue weighted by atomic mass is 10.1. The summed E-state index contributed by atoms with van der Waals surface area (Å²) in [7, 11) is -3.48. The summed E-state index contributed by atoms with van der Waals surface area (Å²) >= 11 is 0. The van der Waals surface area contributed by atoms with Gasteiger partial charge in [-0.3, -0.25) is 4.79 Å². The van der Waals surface area contributed by atoms with Gasteiger partial charge in [-0.15, -0.1) is 0 Å². The third-order valence-electron chi connectivity index (χ3n) is 3.23. The molecule has 2 aromatic rings. The molecule has 1 amide bonds. The number of sulfone groups is 1. The molecule has 0 bridgehead atoms. The van der Waals surface area contributed by atoms with E-state index in [1.807, 2.05) is 0 Å². The maximum absolute atomic E-state index is 12.4. The Bertz CT molecular complexity index is 866.